The second-order valence-electron chi connectivity index (χ2n) is 7.21. The smallest absolute Gasteiger partial charge is 0.237 e. The van der Waals surface area contributed by atoms with Crippen LogP contribution in [0.2, 0.25) is 0 Å². The van der Waals surface area contributed by atoms with Crippen molar-refractivity contribution in [2.75, 3.05) is 27.2 Å². The molecule has 4 nitrogen and oxygen atoms in total. The lowest BCUT2D eigenvalue weighted by Crippen LogP contribution is -2.43. The van der Waals surface area contributed by atoms with Crippen LogP contribution in [0.3, 0.4) is 0 Å². The Kier molecular flexibility index (Phi) is 6.34. The topological polar surface area (TPSA) is 43.8 Å². The number of nitrogens with zero attached hydrogens (tertiary/aromatic N) is 2. The molecule has 1 N–H and O–H groups in total. The van der Waals surface area contributed by atoms with Crippen LogP contribution in [0.15, 0.2) is 60.7 Å². The normalized spacial score (nSPS) is 11.8. The fraction of sp³-hybridized carbons (Fsp3) is 0.381. The number of amides is 1. The Morgan fingerprint density at radius 3 is 1.80 bits per heavy atom. The zero-order valence-corrected chi connectivity index (χ0v) is 15.5. The average molecular weight is 340 g/mol. The van der Waals surface area contributed by atoms with E-state index in [1.807, 2.05) is 79.7 Å². The summed E-state index contributed by atoms with van der Waals surface area (Å²) in [5.41, 5.74) is 1.33. The highest BCUT2D eigenvalue weighted by molar-refractivity contribution is 5.79. The quantitative estimate of drug-likeness (QED) is 0.843. The molecule has 0 fully saturated rings. The van der Waals surface area contributed by atoms with E-state index in [0.29, 0.717) is 6.54 Å². The average Bonchev–Trinajstić information content (AvgIpc) is 2.55. The summed E-state index contributed by atoms with van der Waals surface area (Å²) in [6.07, 6.45) is 0. The molecule has 25 heavy (non-hydrogen) atoms. The van der Waals surface area contributed by atoms with Crippen molar-refractivity contribution in [1.29, 1.82) is 0 Å². The molecule has 0 radical (unpaired) electrons. The molecular formula is C21H28N2O2. The predicted molar refractivity (Wildman–Crippen MR) is 101 cm³/mol. The lowest BCUT2D eigenvalue weighted by molar-refractivity contribution is -0.132. The summed E-state index contributed by atoms with van der Waals surface area (Å²) in [6.45, 7) is 4.19. The van der Waals surface area contributed by atoms with E-state index < -0.39 is 5.60 Å². The molecule has 0 unspecified atom stereocenters. The summed E-state index contributed by atoms with van der Waals surface area (Å²) in [6, 6.07) is 20.0. The van der Waals surface area contributed by atoms with Gasteiger partial charge in [-0.25, -0.2) is 0 Å². The number of rotatable bonds is 7. The summed E-state index contributed by atoms with van der Waals surface area (Å²) in [4.78, 5) is 16.5. The Balaban J connectivity index is 2.21. The third-order valence-corrected chi connectivity index (χ3v) is 4.07. The van der Waals surface area contributed by atoms with E-state index in [0.717, 1.165) is 11.1 Å². The fourth-order valence-electron chi connectivity index (χ4n) is 3.11. The van der Waals surface area contributed by atoms with Gasteiger partial charge < -0.3 is 10.0 Å². The van der Waals surface area contributed by atoms with Crippen LogP contribution >= 0.6 is 0 Å². The monoisotopic (exact) mass is 340 g/mol. The zero-order chi connectivity index (χ0) is 18.4. The van der Waals surface area contributed by atoms with Crippen molar-refractivity contribution >= 4 is 5.91 Å². The third kappa shape index (κ3) is 5.69. The first-order valence-electron chi connectivity index (χ1n) is 8.54. The molecule has 134 valence electrons. The number of carbonyl (C=O) groups excluding carboxylic acids is 1. The van der Waals surface area contributed by atoms with Crippen molar-refractivity contribution in [1.82, 2.24) is 9.80 Å². The molecule has 0 aromatic heterocycles. The first kappa shape index (κ1) is 19.2. The molecule has 1 amide bonds. The number of likely N-dealkylation sites (N-methyl/N-ethyl adjacent to an activating group) is 2. The van der Waals surface area contributed by atoms with Crippen molar-refractivity contribution in [3.8, 4) is 0 Å². The largest absolute Gasteiger partial charge is 0.389 e. The van der Waals surface area contributed by atoms with E-state index in [1.165, 1.54) is 0 Å². The van der Waals surface area contributed by atoms with Gasteiger partial charge in [0.25, 0.3) is 0 Å². The molecular weight excluding hydrogens is 312 g/mol. The molecule has 0 heterocycles. The van der Waals surface area contributed by atoms with Crippen molar-refractivity contribution in [3.05, 3.63) is 71.8 Å². The summed E-state index contributed by atoms with van der Waals surface area (Å²) in [7, 11) is 3.69. The molecule has 0 saturated carbocycles. The van der Waals surface area contributed by atoms with Gasteiger partial charge in [0.2, 0.25) is 5.91 Å². The molecule has 0 atom stereocenters. The minimum absolute atomic E-state index is 0.0180. The lowest BCUT2D eigenvalue weighted by atomic mass is 9.97. The van der Waals surface area contributed by atoms with Crippen LogP contribution in [0, 0.1) is 0 Å². The molecule has 2 aromatic rings. The van der Waals surface area contributed by atoms with Gasteiger partial charge in [0, 0.05) is 13.6 Å². The maximum absolute atomic E-state index is 12.8. The Bertz CT molecular complexity index is 626. The Hall–Kier alpha value is -2.17. The van der Waals surface area contributed by atoms with Crippen LogP contribution in [0.4, 0.5) is 0 Å². The van der Waals surface area contributed by atoms with Gasteiger partial charge in [0.1, 0.15) is 0 Å². The first-order chi connectivity index (χ1) is 11.8. The maximum Gasteiger partial charge on any atom is 0.237 e. The SMILES string of the molecule is CN(CC(=O)N(C)C(c1ccccc1)c1ccccc1)CC(C)(C)O. The van der Waals surface area contributed by atoms with Crippen molar-refractivity contribution in [3.63, 3.8) is 0 Å². The van der Waals surface area contributed by atoms with E-state index in [1.54, 1.807) is 18.7 Å². The van der Waals surface area contributed by atoms with E-state index >= 15 is 0 Å². The molecule has 2 aromatic carbocycles. The van der Waals surface area contributed by atoms with E-state index in [-0.39, 0.29) is 18.5 Å². The molecule has 0 aliphatic rings. The fourth-order valence-corrected chi connectivity index (χ4v) is 3.11. The Labute approximate surface area is 150 Å². The van der Waals surface area contributed by atoms with Gasteiger partial charge in [-0.15, -0.1) is 0 Å². The van der Waals surface area contributed by atoms with Gasteiger partial charge in [-0.05, 0) is 32.0 Å². The predicted octanol–water partition coefficient (Wildman–Crippen LogP) is 2.94. The number of hydrogen-bond acceptors (Lipinski definition) is 3. The molecule has 0 spiro atoms. The van der Waals surface area contributed by atoms with Crippen molar-refractivity contribution < 1.29 is 9.90 Å². The maximum atomic E-state index is 12.8. The van der Waals surface area contributed by atoms with Crippen LogP contribution in [0.1, 0.15) is 31.0 Å². The van der Waals surface area contributed by atoms with Crippen LogP contribution < -0.4 is 0 Å². The second kappa shape index (κ2) is 8.28. The van der Waals surface area contributed by atoms with E-state index in [9.17, 15) is 9.90 Å². The number of aliphatic hydroxyl groups is 1. The van der Waals surface area contributed by atoms with Gasteiger partial charge >= 0.3 is 0 Å². The third-order valence-electron chi connectivity index (χ3n) is 4.07. The van der Waals surface area contributed by atoms with Gasteiger partial charge in [-0.1, -0.05) is 60.7 Å². The standard InChI is InChI=1S/C21H28N2O2/c1-21(2,25)16-22(3)15-19(24)23(4)20(17-11-7-5-8-12-17)18-13-9-6-10-14-18/h5-14,20,25H,15-16H2,1-4H3. The molecule has 0 aliphatic carbocycles. The summed E-state index contributed by atoms with van der Waals surface area (Å²) >= 11 is 0. The van der Waals surface area contributed by atoms with Gasteiger partial charge in [-0.3, -0.25) is 9.69 Å². The summed E-state index contributed by atoms with van der Waals surface area (Å²) in [5.74, 6) is 0.0180. The lowest BCUT2D eigenvalue weighted by Gasteiger charge is -2.32. The van der Waals surface area contributed by atoms with Crippen LogP contribution in [-0.4, -0.2) is 53.6 Å². The van der Waals surface area contributed by atoms with Crippen LogP contribution in [0.25, 0.3) is 0 Å². The first-order valence-corrected chi connectivity index (χ1v) is 8.54. The van der Waals surface area contributed by atoms with Crippen LogP contribution in [-0.2, 0) is 4.79 Å². The van der Waals surface area contributed by atoms with Gasteiger partial charge in [0.15, 0.2) is 0 Å². The molecule has 2 rings (SSSR count). The number of benzene rings is 2. The number of carbonyl (C=O) groups is 1. The number of hydrogen-bond donors (Lipinski definition) is 1. The van der Waals surface area contributed by atoms with E-state index in [2.05, 4.69) is 0 Å². The molecule has 0 aliphatic heterocycles. The molecule has 4 heteroatoms. The second-order valence-corrected chi connectivity index (χ2v) is 7.21. The Morgan fingerprint density at radius 1 is 0.960 bits per heavy atom. The van der Waals surface area contributed by atoms with Crippen molar-refractivity contribution in [2.24, 2.45) is 0 Å². The van der Waals surface area contributed by atoms with E-state index in [4.69, 9.17) is 0 Å². The highest BCUT2D eigenvalue weighted by atomic mass is 16.3. The van der Waals surface area contributed by atoms with Crippen molar-refractivity contribution in [2.45, 2.75) is 25.5 Å². The minimum atomic E-state index is -0.828. The molecule has 0 bridgehead atoms. The van der Waals surface area contributed by atoms with Crippen LogP contribution in [0.5, 0.6) is 0 Å². The Morgan fingerprint density at radius 2 is 1.40 bits per heavy atom. The van der Waals surface area contributed by atoms with Gasteiger partial charge in [-0.2, -0.15) is 0 Å². The highest BCUT2D eigenvalue weighted by Gasteiger charge is 2.25. The molecule has 0 saturated heterocycles. The minimum Gasteiger partial charge on any atom is -0.389 e. The summed E-state index contributed by atoms with van der Waals surface area (Å²) < 4.78 is 0. The summed E-state index contributed by atoms with van der Waals surface area (Å²) in [5, 5.41) is 9.94. The highest BCUT2D eigenvalue weighted by Crippen LogP contribution is 2.27. The zero-order valence-electron chi connectivity index (χ0n) is 15.5. The van der Waals surface area contributed by atoms with Gasteiger partial charge in [0.05, 0.1) is 18.2 Å².